The molecule has 0 aromatic heterocycles. The first-order chi connectivity index (χ1) is 15.5. The first-order valence-electron chi connectivity index (χ1n) is 11.0. The largest absolute Gasteiger partial charge is 0.475 e. The van der Waals surface area contributed by atoms with Crippen LogP contribution in [-0.2, 0) is 42.0 Å². The molecule has 1 unspecified atom stereocenters. The molecule has 0 bridgehead atoms. The van der Waals surface area contributed by atoms with E-state index in [1.165, 1.54) is 17.2 Å². The van der Waals surface area contributed by atoms with E-state index in [1.54, 1.807) is 20.8 Å². The van der Waals surface area contributed by atoms with Gasteiger partial charge in [-0.2, -0.15) is 0 Å². The number of esters is 1. The third-order valence-corrected chi connectivity index (χ3v) is 7.33. The van der Waals surface area contributed by atoms with Crippen molar-refractivity contribution in [3.63, 3.8) is 0 Å². The van der Waals surface area contributed by atoms with Crippen molar-refractivity contribution in [2.24, 2.45) is 11.3 Å². The fraction of sp³-hybridized carbons (Fsp3) is 0.682. The van der Waals surface area contributed by atoms with Gasteiger partial charge in [-0.05, 0) is 39.7 Å². The molecular formula is C22H30NO9P. The molecule has 0 N–H and O–H groups in total. The molecule has 0 saturated carbocycles. The Kier molecular flexibility index (Phi) is 7.82. The highest BCUT2D eigenvalue weighted by Gasteiger charge is 2.61. The minimum atomic E-state index is -4.00. The zero-order valence-corrected chi connectivity index (χ0v) is 20.1. The maximum absolute atomic E-state index is 13.1. The zero-order chi connectivity index (χ0) is 24.4. The summed E-state index contributed by atoms with van der Waals surface area (Å²) in [5.74, 6) is 1.10. The number of carbonyl (C=O) groups excluding carboxylic acids is 3. The van der Waals surface area contributed by atoms with Crippen LogP contribution < -0.4 is 0 Å². The number of phosphoric acid groups is 1. The van der Waals surface area contributed by atoms with E-state index in [0.717, 1.165) is 0 Å². The molecule has 11 heteroatoms. The van der Waals surface area contributed by atoms with Crippen molar-refractivity contribution in [3.8, 4) is 12.3 Å². The van der Waals surface area contributed by atoms with Crippen molar-refractivity contribution in [1.29, 1.82) is 0 Å². The van der Waals surface area contributed by atoms with Crippen LogP contribution in [0.3, 0.4) is 0 Å². The van der Waals surface area contributed by atoms with Crippen LogP contribution >= 0.6 is 7.82 Å². The summed E-state index contributed by atoms with van der Waals surface area (Å²) in [4.78, 5) is 37.3. The Morgan fingerprint density at radius 2 is 2.15 bits per heavy atom. The van der Waals surface area contributed by atoms with Gasteiger partial charge in [0.2, 0.25) is 5.91 Å². The van der Waals surface area contributed by atoms with Gasteiger partial charge >= 0.3 is 13.8 Å². The minimum Gasteiger partial charge on any atom is -0.463 e. The maximum atomic E-state index is 13.1. The molecule has 0 aromatic carbocycles. The summed E-state index contributed by atoms with van der Waals surface area (Å²) >= 11 is 0. The number of allylic oxidation sites excluding steroid dienone is 1. The number of terminal acetylenes is 1. The molecule has 6 atom stereocenters. The lowest BCUT2D eigenvalue weighted by Crippen LogP contribution is -2.49. The number of phosphoric ester groups is 1. The number of carbonyl (C=O) groups is 3. The molecular weight excluding hydrogens is 453 g/mol. The van der Waals surface area contributed by atoms with Gasteiger partial charge in [0.05, 0.1) is 31.7 Å². The first-order valence-corrected chi connectivity index (χ1v) is 12.4. The van der Waals surface area contributed by atoms with Gasteiger partial charge in [0.1, 0.15) is 17.6 Å². The van der Waals surface area contributed by atoms with E-state index in [4.69, 9.17) is 29.5 Å². The average Bonchev–Trinajstić information content (AvgIpc) is 3.03. The number of amides is 1. The summed E-state index contributed by atoms with van der Waals surface area (Å²) in [6, 6.07) is 0. The van der Waals surface area contributed by atoms with Crippen molar-refractivity contribution in [2.45, 2.75) is 71.5 Å². The maximum Gasteiger partial charge on any atom is 0.475 e. The molecule has 2 saturated heterocycles. The molecule has 3 heterocycles. The van der Waals surface area contributed by atoms with Crippen LogP contribution in [-0.4, -0.2) is 60.3 Å². The Morgan fingerprint density at radius 1 is 1.42 bits per heavy atom. The number of fused-ring (bicyclic) bond motifs is 1. The fourth-order valence-corrected chi connectivity index (χ4v) is 5.49. The Labute approximate surface area is 193 Å². The van der Waals surface area contributed by atoms with Gasteiger partial charge in [-0.25, -0.2) is 4.57 Å². The van der Waals surface area contributed by atoms with Gasteiger partial charge in [-0.1, -0.05) is 12.8 Å². The Morgan fingerprint density at radius 3 is 2.76 bits per heavy atom. The molecule has 3 rings (SSSR count). The second kappa shape index (κ2) is 10.1. The Bertz CT molecular complexity index is 910. The van der Waals surface area contributed by atoms with Crippen molar-refractivity contribution < 1.29 is 42.0 Å². The van der Waals surface area contributed by atoms with Gasteiger partial charge in [0.15, 0.2) is 12.0 Å². The van der Waals surface area contributed by atoms with Crippen LogP contribution in [0, 0.1) is 23.7 Å². The van der Waals surface area contributed by atoms with Crippen molar-refractivity contribution in [1.82, 2.24) is 4.90 Å². The predicted molar refractivity (Wildman–Crippen MR) is 115 cm³/mol. The van der Waals surface area contributed by atoms with E-state index in [0.29, 0.717) is 6.42 Å². The van der Waals surface area contributed by atoms with E-state index in [-0.39, 0.29) is 43.9 Å². The summed E-state index contributed by atoms with van der Waals surface area (Å²) in [6.45, 7) is 6.88. The number of hydrogen-bond donors (Lipinski definition) is 0. The van der Waals surface area contributed by atoms with E-state index >= 15 is 0 Å². The smallest absolute Gasteiger partial charge is 0.463 e. The van der Waals surface area contributed by atoms with Crippen LogP contribution in [0.15, 0.2) is 12.3 Å². The molecule has 0 aromatic rings. The second-order valence-electron chi connectivity index (χ2n) is 8.70. The van der Waals surface area contributed by atoms with Crippen LogP contribution in [0.4, 0.5) is 0 Å². The summed E-state index contributed by atoms with van der Waals surface area (Å²) < 4.78 is 40.9. The van der Waals surface area contributed by atoms with Crippen LogP contribution in [0.1, 0.15) is 47.0 Å². The minimum absolute atomic E-state index is 0.0487. The van der Waals surface area contributed by atoms with Crippen molar-refractivity contribution in [3.05, 3.63) is 12.3 Å². The normalized spacial score (nSPS) is 34.8. The topological polar surface area (TPSA) is 118 Å². The molecule has 3 aliphatic rings. The van der Waals surface area contributed by atoms with Gasteiger partial charge in [-0.15, -0.1) is 6.42 Å². The number of nitrogens with zero attached hydrogens (tertiary/aromatic N) is 1. The van der Waals surface area contributed by atoms with Crippen LogP contribution in [0.25, 0.3) is 0 Å². The molecule has 10 nitrogen and oxygen atoms in total. The lowest BCUT2D eigenvalue weighted by Gasteiger charge is -2.37. The molecule has 182 valence electrons. The Balaban J connectivity index is 1.67. The molecule has 0 spiro atoms. The van der Waals surface area contributed by atoms with Gasteiger partial charge in [0, 0.05) is 6.20 Å². The summed E-state index contributed by atoms with van der Waals surface area (Å²) in [5, 5.41) is 0. The summed E-state index contributed by atoms with van der Waals surface area (Å²) in [6.07, 6.45) is 6.22. The van der Waals surface area contributed by atoms with Gasteiger partial charge in [0.25, 0.3) is 0 Å². The quantitative estimate of drug-likeness (QED) is 0.222. The number of rotatable bonds is 8. The molecule has 0 radical (unpaired) electrons. The van der Waals surface area contributed by atoms with E-state index < -0.39 is 43.5 Å². The Hall–Kier alpha value is -2.02. The van der Waals surface area contributed by atoms with Gasteiger partial charge < -0.3 is 9.47 Å². The fourth-order valence-electron chi connectivity index (χ4n) is 4.00. The highest BCUT2D eigenvalue weighted by atomic mass is 31.2. The predicted octanol–water partition coefficient (Wildman–Crippen LogP) is 2.57. The van der Waals surface area contributed by atoms with E-state index in [2.05, 4.69) is 5.92 Å². The average molecular weight is 483 g/mol. The number of ketones is 1. The van der Waals surface area contributed by atoms with E-state index in [9.17, 15) is 18.9 Å². The number of ether oxygens (including phenoxy) is 2. The third-order valence-electron chi connectivity index (χ3n) is 5.88. The monoisotopic (exact) mass is 483 g/mol. The first kappa shape index (κ1) is 25.6. The summed E-state index contributed by atoms with van der Waals surface area (Å²) in [5.41, 5.74) is -1.18. The van der Waals surface area contributed by atoms with Crippen LogP contribution in [0.2, 0.25) is 0 Å². The molecule has 33 heavy (non-hydrogen) atoms. The highest BCUT2D eigenvalue weighted by Crippen LogP contribution is 2.59. The SMILES string of the molecule is C#C[C@]1(C)[C@@H]2O[P@@](=O)(OCCC(CC)C(=O)OC(C)C)OC[C@H]2O[C@H]1N1C=CC(=O)CC1=O. The lowest BCUT2D eigenvalue weighted by atomic mass is 9.82. The highest BCUT2D eigenvalue weighted by molar-refractivity contribution is 7.48. The summed E-state index contributed by atoms with van der Waals surface area (Å²) in [7, 11) is -4.00. The molecule has 0 aliphatic carbocycles. The lowest BCUT2D eigenvalue weighted by molar-refractivity contribution is -0.153. The van der Waals surface area contributed by atoms with Gasteiger partial charge in [-0.3, -0.25) is 32.9 Å². The van der Waals surface area contributed by atoms with Crippen LogP contribution in [0.5, 0.6) is 0 Å². The standard InChI is InChI=1S/C22H30NO9P/c1-6-15(20(26)30-14(3)4)9-11-28-33(27)29-13-17-19(32-33)22(5,7-2)21(31-17)23-10-8-16(24)12-18(23)25/h2,8,10,14-15,17,19,21H,6,9,11-13H2,1,3-5H3/t15?,17-,19-,21-,22-,33+/m1/s1. The molecule has 1 amide bonds. The molecule has 2 fully saturated rings. The molecule has 3 aliphatic heterocycles. The second-order valence-corrected chi connectivity index (χ2v) is 10.3. The van der Waals surface area contributed by atoms with Crippen molar-refractivity contribution >= 4 is 25.5 Å². The van der Waals surface area contributed by atoms with Crippen molar-refractivity contribution in [2.75, 3.05) is 13.2 Å². The zero-order valence-electron chi connectivity index (χ0n) is 19.2. The third kappa shape index (κ3) is 5.39. The number of hydrogen-bond acceptors (Lipinski definition) is 9. The van der Waals surface area contributed by atoms with E-state index in [1.807, 2.05) is 6.92 Å².